The topological polar surface area (TPSA) is 26.0 Å². The quantitative estimate of drug-likeness (QED) is 0.796. The minimum Gasteiger partial charge on any atom is -0.330 e. The molecule has 0 saturated heterocycles. The Hall–Kier alpha value is -0.860. The fourth-order valence-corrected chi connectivity index (χ4v) is 1.14. The molecule has 0 aliphatic carbocycles. The summed E-state index contributed by atoms with van der Waals surface area (Å²) in [6, 6.07) is 4.92. The van der Waals surface area contributed by atoms with Gasteiger partial charge in [-0.25, -0.2) is 4.39 Å². The second kappa shape index (κ2) is 5.00. The Balaban J connectivity index is 2.83. The zero-order valence-electron chi connectivity index (χ0n) is 7.13. The van der Waals surface area contributed by atoms with Crippen LogP contribution in [0.15, 0.2) is 24.3 Å². The number of nitrogens with two attached hydrogens (primary N) is 1. The van der Waals surface area contributed by atoms with E-state index in [2.05, 4.69) is 0 Å². The zero-order chi connectivity index (χ0) is 9.68. The van der Waals surface area contributed by atoms with E-state index >= 15 is 0 Å². The van der Waals surface area contributed by atoms with Crippen LogP contribution in [0.4, 0.5) is 4.39 Å². The second-order valence-corrected chi connectivity index (χ2v) is 3.03. The highest BCUT2D eigenvalue weighted by Crippen LogP contribution is 2.18. The maximum absolute atomic E-state index is 13.2. The first-order valence-corrected chi connectivity index (χ1v) is 4.44. The van der Waals surface area contributed by atoms with Crippen LogP contribution in [0.5, 0.6) is 0 Å². The van der Waals surface area contributed by atoms with Crippen molar-refractivity contribution in [3.63, 3.8) is 0 Å². The molecule has 3 heteroatoms. The molecule has 2 N–H and O–H groups in total. The van der Waals surface area contributed by atoms with Crippen molar-refractivity contribution in [1.82, 2.24) is 0 Å². The van der Waals surface area contributed by atoms with E-state index in [-0.39, 0.29) is 10.8 Å². The molecular formula is C10H11ClFN. The molecule has 0 spiro atoms. The molecule has 0 aliphatic rings. The summed E-state index contributed by atoms with van der Waals surface area (Å²) < 4.78 is 13.2. The van der Waals surface area contributed by atoms with E-state index in [0.717, 1.165) is 6.42 Å². The molecule has 70 valence electrons. The van der Waals surface area contributed by atoms with Gasteiger partial charge in [0.25, 0.3) is 0 Å². The van der Waals surface area contributed by atoms with Gasteiger partial charge in [-0.05, 0) is 19.0 Å². The molecule has 0 unspecified atom stereocenters. The lowest BCUT2D eigenvalue weighted by molar-refractivity contribution is 0.625. The van der Waals surface area contributed by atoms with E-state index in [1.165, 1.54) is 6.07 Å². The van der Waals surface area contributed by atoms with Gasteiger partial charge in [0, 0.05) is 5.56 Å². The molecule has 0 radical (unpaired) electrons. The van der Waals surface area contributed by atoms with Crippen LogP contribution in [0, 0.1) is 5.82 Å². The van der Waals surface area contributed by atoms with Gasteiger partial charge in [-0.3, -0.25) is 0 Å². The summed E-state index contributed by atoms with van der Waals surface area (Å²) in [5.41, 5.74) is 5.79. The van der Waals surface area contributed by atoms with Crippen LogP contribution in [-0.2, 0) is 0 Å². The third-order valence-corrected chi connectivity index (χ3v) is 1.90. The van der Waals surface area contributed by atoms with Crippen molar-refractivity contribution >= 4 is 17.7 Å². The Morgan fingerprint density at radius 2 is 2.23 bits per heavy atom. The molecule has 0 amide bonds. The number of hydrogen-bond donors (Lipinski definition) is 1. The van der Waals surface area contributed by atoms with Gasteiger partial charge in [0.15, 0.2) is 0 Å². The predicted molar refractivity (Wildman–Crippen MR) is 54.1 cm³/mol. The van der Waals surface area contributed by atoms with Gasteiger partial charge in [0.2, 0.25) is 0 Å². The minimum atomic E-state index is -0.377. The van der Waals surface area contributed by atoms with Crippen LogP contribution < -0.4 is 5.73 Å². The average molecular weight is 200 g/mol. The van der Waals surface area contributed by atoms with E-state index in [9.17, 15) is 4.39 Å². The van der Waals surface area contributed by atoms with Gasteiger partial charge in [-0.15, -0.1) is 0 Å². The Kier molecular flexibility index (Phi) is 3.93. The molecule has 0 heterocycles. The Morgan fingerprint density at radius 3 is 2.92 bits per heavy atom. The normalized spacial score (nSPS) is 11.0. The SMILES string of the molecule is NCC/C=C/c1cccc(Cl)c1F. The third kappa shape index (κ3) is 2.83. The molecule has 0 aromatic heterocycles. The molecule has 1 aromatic rings. The van der Waals surface area contributed by atoms with Crippen molar-refractivity contribution in [3.8, 4) is 0 Å². The monoisotopic (exact) mass is 199 g/mol. The van der Waals surface area contributed by atoms with Crippen molar-refractivity contribution in [1.29, 1.82) is 0 Å². The number of halogens is 2. The number of benzene rings is 1. The fraction of sp³-hybridized carbons (Fsp3) is 0.200. The highest BCUT2D eigenvalue weighted by atomic mass is 35.5. The first kappa shape index (κ1) is 10.2. The standard InChI is InChI=1S/C10H11ClFN/c11-9-6-3-5-8(10(9)12)4-1-2-7-13/h1,3-6H,2,7,13H2/b4-1+. The number of hydrogen-bond acceptors (Lipinski definition) is 1. The van der Waals surface area contributed by atoms with Crippen LogP contribution in [0.2, 0.25) is 5.02 Å². The number of rotatable bonds is 3. The van der Waals surface area contributed by atoms with E-state index in [1.54, 1.807) is 18.2 Å². The lowest BCUT2D eigenvalue weighted by Gasteiger charge is -1.97. The first-order valence-electron chi connectivity index (χ1n) is 4.06. The molecule has 1 aromatic carbocycles. The van der Waals surface area contributed by atoms with Crippen LogP contribution in [0.25, 0.3) is 6.08 Å². The first-order chi connectivity index (χ1) is 6.25. The fourth-order valence-electron chi connectivity index (χ4n) is 0.956. The lowest BCUT2D eigenvalue weighted by atomic mass is 10.2. The molecule has 1 nitrogen and oxygen atoms in total. The summed E-state index contributed by atoms with van der Waals surface area (Å²) in [6.07, 6.45) is 4.26. The molecule has 0 saturated carbocycles. The van der Waals surface area contributed by atoms with Crippen molar-refractivity contribution in [2.24, 2.45) is 5.73 Å². The Labute approximate surface area is 82.0 Å². The van der Waals surface area contributed by atoms with Crippen molar-refractivity contribution in [3.05, 3.63) is 40.7 Å². The molecule has 0 atom stereocenters. The maximum Gasteiger partial charge on any atom is 0.148 e. The average Bonchev–Trinajstić information content (AvgIpc) is 2.13. The molecule has 1 rings (SSSR count). The molecule has 0 bridgehead atoms. The summed E-state index contributed by atoms with van der Waals surface area (Å²) in [6.45, 7) is 0.568. The van der Waals surface area contributed by atoms with Gasteiger partial charge in [0.1, 0.15) is 5.82 Å². The molecular weight excluding hydrogens is 189 g/mol. The lowest BCUT2D eigenvalue weighted by Crippen LogP contribution is -1.95. The van der Waals surface area contributed by atoms with Crippen LogP contribution in [0.1, 0.15) is 12.0 Å². The van der Waals surface area contributed by atoms with Gasteiger partial charge >= 0.3 is 0 Å². The van der Waals surface area contributed by atoms with Crippen LogP contribution >= 0.6 is 11.6 Å². The third-order valence-electron chi connectivity index (χ3n) is 1.61. The predicted octanol–water partition coefficient (Wildman–Crippen LogP) is 2.84. The zero-order valence-corrected chi connectivity index (χ0v) is 7.89. The largest absolute Gasteiger partial charge is 0.330 e. The van der Waals surface area contributed by atoms with Crippen molar-refractivity contribution in [2.45, 2.75) is 6.42 Å². The second-order valence-electron chi connectivity index (χ2n) is 2.62. The van der Waals surface area contributed by atoms with Gasteiger partial charge < -0.3 is 5.73 Å². The van der Waals surface area contributed by atoms with Gasteiger partial charge in [-0.2, -0.15) is 0 Å². The van der Waals surface area contributed by atoms with Gasteiger partial charge in [0.05, 0.1) is 5.02 Å². The van der Waals surface area contributed by atoms with Crippen molar-refractivity contribution < 1.29 is 4.39 Å². The van der Waals surface area contributed by atoms with E-state index < -0.39 is 0 Å². The van der Waals surface area contributed by atoms with E-state index in [4.69, 9.17) is 17.3 Å². The Morgan fingerprint density at radius 1 is 1.46 bits per heavy atom. The summed E-state index contributed by atoms with van der Waals surface area (Å²) in [7, 11) is 0. The smallest absolute Gasteiger partial charge is 0.148 e. The minimum absolute atomic E-state index is 0.148. The van der Waals surface area contributed by atoms with Gasteiger partial charge in [-0.1, -0.05) is 35.9 Å². The molecule has 0 fully saturated rings. The summed E-state index contributed by atoms with van der Waals surface area (Å²) in [5, 5.41) is 0.148. The van der Waals surface area contributed by atoms with Crippen LogP contribution in [-0.4, -0.2) is 6.54 Å². The highest BCUT2D eigenvalue weighted by molar-refractivity contribution is 6.30. The molecule has 13 heavy (non-hydrogen) atoms. The van der Waals surface area contributed by atoms with E-state index in [1.807, 2.05) is 6.08 Å². The Bertz CT molecular complexity index is 310. The van der Waals surface area contributed by atoms with Crippen LogP contribution in [0.3, 0.4) is 0 Å². The highest BCUT2D eigenvalue weighted by Gasteiger charge is 2.01. The summed E-state index contributed by atoms with van der Waals surface area (Å²) in [4.78, 5) is 0. The maximum atomic E-state index is 13.2. The molecule has 0 aliphatic heterocycles. The summed E-state index contributed by atoms with van der Waals surface area (Å²) in [5.74, 6) is -0.377. The van der Waals surface area contributed by atoms with Crippen molar-refractivity contribution in [2.75, 3.05) is 6.54 Å². The van der Waals surface area contributed by atoms with E-state index in [0.29, 0.717) is 12.1 Å². The summed E-state index contributed by atoms with van der Waals surface area (Å²) >= 11 is 5.59.